The zero-order chi connectivity index (χ0) is 18.8. The van der Waals surface area contributed by atoms with Crippen LogP contribution < -0.4 is 10.6 Å². The van der Waals surface area contributed by atoms with Gasteiger partial charge in [-0.05, 0) is 55.0 Å². The third-order valence-electron chi connectivity index (χ3n) is 5.74. The summed E-state index contributed by atoms with van der Waals surface area (Å²) in [6.45, 7) is 2.80. The number of urea groups is 1. The number of carbonyl (C=O) groups is 2. The Morgan fingerprint density at radius 3 is 2.59 bits per heavy atom. The van der Waals surface area contributed by atoms with Gasteiger partial charge < -0.3 is 15.5 Å². The van der Waals surface area contributed by atoms with E-state index in [0.717, 1.165) is 24.9 Å². The van der Waals surface area contributed by atoms with Gasteiger partial charge in [0.05, 0.1) is 0 Å². The van der Waals surface area contributed by atoms with Crippen LogP contribution in [0, 0.1) is 5.92 Å². The lowest BCUT2D eigenvalue weighted by Crippen LogP contribution is -2.48. The van der Waals surface area contributed by atoms with E-state index in [1.807, 2.05) is 53.4 Å². The van der Waals surface area contributed by atoms with E-state index in [-0.39, 0.29) is 24.0 Å². The largest absolute Gasteiger partial charge is 0.349 e. The number of amides is 3. The fraction of sp³-hybridized carbons (Fsp3) is 0.364. The number of nitrogens with one attached hydrogen (secondary N) is 2. The average Bonchev–Trinajstić information content (AvgIpc) is 3.29. The summed E-state index contributed by atoms with van der Waals surface area (Å²) < 4.78 is 0. The third kappa shape index (κ3) is 3.68. The average molecular weight is 363 g/mol. The van der Waals surface area contributed by atoms with E-state index < -0.39 is 0 Å². The molecule has 3 atom stereocenters. The monoisotopic (exact) mass is 363 g/mol. The Labute approximate surface area is 159 Å². The molecule has 2 bridgehead atoms. The molecule has 2 aliphatic rings. The number of anilines is 1. The highest BCUT2D eigenvalue weighted by atomic mass is 16.2. The van der Waals surface area contributed by atoms with Gasteiger partial charge in [-0.25, -0.2) is 4.79 Å². The van der Waals surface area contributed by atoms with E-state index in [2.05, 4.69) is 23.6 Å². The number of piperidine rings is 1. The normalized spacial score (nSPS) is 23.3. The lowest BCUT2D eigenvalue weighted by molar-refractivity contribution is 0.0915. The van der Waals surface area contributed by atoms with Crippen molar-refractivity contribution in [1.82, 2.24) is 10.2 Å². The summed E-state index contributed by atoms with van der Waals surface area (Å²) in [5, 5.41) is 6.18. The number of nitrogens with zero attached hydrogens (tertiary/aromatic N) is 1. The molecule has 5 nitrogen and oxygen atoms in total. The third-order valence-corrected chi connectivity index (χ3v) is 5.74. The molecule has 2 aromatic carbocycles. The summed E-state index contributed by atoms with van der Waals surface area (Å²) in [6, 6.07) is 17.6. The smallest absolute Gasteiger partial charge is 0.322 e. The van der Waals surface area contributed by atoms with Gasteiger partial charge in [-0.15, -0.1) is 0 Å². The summed E-state index contributed by atoms with van der Waals surface area (Å²) in [5.41, 5.74) is 2.74. The van der Waals surface area contributed by atoms with Crippen molar-refractivity contribution in [2.75, 3.05) is 11.9 Å². The van der Waals surface area contributed by atoms with E-state index >= 15 is 0 Å². The summed E-state index contributed by atoms with van der Waals surface area (Å²) in [5.74, 6) is 0.302. The molecule has 0 spiro atoms. The molecule has 3 amide bonds. The summed E-state index contributed by atoms with van der Waals surface area (Å²) in [4.78, 5) is 27.0. The Morgan fingerprint density at radius 1 is 1.07 bits per heavy atom. The zero-order valence-corrected chi connectivity index (χ0v) is 15.5. The number of fused-ring (bicyclic) bond motifs is 2. The molecule has 1 heterocycles. The van der Waals surface area contributed by atoms with Gasteiger partial charge in [-0.3, -0.25) is 4.79 Å². The van der Waals surface area contributed by atoms with Crippen LogP contribution in [0.25, 0.3) is 0 Å². The van der Waals surface area contributed by atoms with E-state index in [1.54, 1.807) is 0 Å². The highest BCUT2D eigenvalue weighted by molar-refractivity contribution is 5.94. The molecular weight excluding hydrogens is 338 g/mol. The Morgan fingerprint density at radius 2 is 1.89 bits per heavy atom. The van der Waals surface area contributed by atoms with E-state index in [0.29, 0.717) is 18.0 Å². The molecule has 0 unspecified atom stereocenters. The summed E-state index contributed by atoms with van der Waals surface area (Å²) in [7, 11) is 0. The lowest BCUT2D eigenvalue weighted by Gasteiger charge is -2.32. The highest BCUT2D eigenvalue weighted by Crippen LogP contribution is 2.38. The van der Waals surface area contributed by atoms with Gasteiger partial charge in [0.15, 0.2) is 0 Å². The molecule has 0 aromatic heterocycles. The fourth-order valence-corrected chi connectivity index (χ4v) is 4.28. The maximum atomic E-state index is 12.7. The van der Waals surface area contributed by atoms with Crippen molar-refractivity contribution in [3.8, 4) is 0 Å². The molecule has 27 heavy (non-hydrogen) atoms. The topological polar surface area (TPSA) is 61.4 Å². The van der Waals surface area contributed by atoms with Crippen LogP contribution in [0.5, 0.6) is 0 Å². The van der Waals surface area contributed by atoms with E-state index in [9.17, 15) is 9.59 Å². The minimum absolute atomic E-state index is 0.0273. The molecular formula is C22H25N3O2. The number of hydrogen-bond donors (Lipinski definition) is 2. The van der Waals surface area contributed by atoms with Crippen molar-refractivity contribution in [1.29, 1.82) is 0 Å². The molecule has 2 aromatic rings. The van der Waals surface area contributed by atoms with Crippen molar-refractivity contribution < 1.29 is 9.59 Å². The van der Waals surface area contributed by atoms with Crippen LogP contribution >= 0.6 is 0 Å². The first kappa shape index (κ1) is 17.6. The number of hydrogen-bond acceptors (Lipinski definition) is 2. The van der Waals surface area contributed by atoms with E-state index in [1.165, 1.54) is 5.56 Å². The van der Waals surface area contributed by atoms with E-state index in [4.69, 9.17) is 0 Å². The van der Waals surface area contributed by atoms with Crippen LogP contribution in [-0.2, 0) is 6.42 Å². The van der Waals surface area contributed by atoms with Gasteiger partial charge in [-0.2, -0.15) is 0 Å². The number of rotatable bonds is 4. The minimum Gasteiger partial charge on any atom is -0.349 e. The number of aryl methyl sites for hydroxylation is 1. The SMILES string of the molecule is CCc1cccc(NC(=O)N2C[C@@H]3C[C@H]2C[C@@H]3NC(=O)c2ccccc2)c1. The van der Waals surface area contributed by atoms with Crippen molar-refractivity contribution in [2.45, 2.75) is 38.3 Å². The molecule has 2 N–H and O–H groups in total. The molecule has 1 saturated carbocycles. The molecule has 0 radical (unpaired) electrons. The first-order valence-corrected chi connectivity index (χ1v) is 9.66. The molecule has 140 valence electrons. The molecule has 2 fully saturated rings. The zero-order valence-electron chi connectivity index (χ0n) is 15.5. The molecule has 1 saturated heterocycles. The maximum Gasteiger partial charge on any atom is 0.322 e. The van der Waals surface area contributed by atoms with Crippen LogP contribution in [-0.4, -0.2) is 35.5 Å². The molecule has 1 aliphatic carbocycles. The van der Waals surface area contributed by atoms with Gasteiger partial charge in [0.2, 0.25) is 0 Å². The first-order valence-electron chi connectivity index (χ1n) is 9.66. The summed E-state index contributed by atoms with van der Waals surface area (Å²) in [6.07, 6.45) is 2.73. The Hall–Kier alpha value is -2.82. The van der Waals surface area contributed by atoms with Crippen molar-refractivity contribution in [3.63, 3.8) is 0 Å². The molecule has 5 heteroatoms. The van der Waals surface area contributed by atoms with Gasteiger partial charge in [0, 0.05) is 29.9 Å². The van der Waals surface area contributed by atoms with Crippen LogP contribution in [0.15, 0.2) is 54.6 Å². The second-order valence-electron chi connectivity index (χ2n) is 7.47. The molecule has 1 aliphatic heterocycles. The summed E-state index contributed by atoms with van der Waals surface area (Å²) >= 11 is 0. The standard InChI is InChI=1S/C22H25N3O2/c1-2-15-7-6-10-18(11-15)23-22(27)25-14-17-12-19(25)13-20(17)24-21(26)16-8-4-3-5-9-16/h3-11,17,19-20H,2,12-14H2,1H3,(H,23,27)(H,24,26)/t17-,19-,20-/m0/s1. The second-order valence-corrected chi connectivity index (χ2v) is 7.47. The lowest BCUT2D eigenvalue weighted by atomic mass is 10.0. The van der Waals surface area contributed by atoms with Crippen LogP contribution in [0.2, 0.25) is 0 Å². The fourth-order valence-electron chi connectivity index (χ4n) is 4.28. The predicted octanol–water partition coefficient (Wildman–Crippen LogP) is 3.67. The van der Waals surface area contributed by atoms with Crippen molar-refractivity contribution in [2.24, 2.45) is 5.92 Å². The molecule has 4 rings (SSSR count). The van der Waals surface area contributed by atoms with Crippen molar-refractivity contribution >= 4 is 17.6 Å². The van der Waals surface area contributed by atoms with Crippen LogP contribution in [0.3, 0.4) is 0 Å². The predicted molar refractivity (Wildman–Crippen MR) is 106 cm³/mol. The quantitative estimate of drug-likeness (QED) is 0.871. The Bertz CT molecular complexity index is 836. The minimum atomic E-state index is -0.0383. The number of carbonyl (C=O) groups excluding carboxylic acids is 2. The Balaban J connectivity index is 1.34. The highest BCUT2D eigenvalue weighted by Gasteiger charge is 2.47. The first-order chi connectivity index (χ1) is 13.1. The van der Waals surface area contributed by atoms with Gasteiger partial charge in [-0.1, -0.05) is 37.3 Å². The van der Waals surface area contributed by atoms with Crippen LogP contribution in [0.1, 0.15) is 35.7 Å². The number of likely N-dealkylation sites (tertiary alicyclic amines) is 1. The number of benzene rings is 2. The van der Waals surface area contributed by atoms with Crippen molar-refractivity contribution in [3.05, 3.63) is 65.7 Å². The maximum absolute atomic E-state index is 12.7. The van der Waals surface area contributed by atoms with Gasteiger partial charge in [0.1, 0.15) is 0 Å². The Kier molecular flexibility index (Phi) is 4.84. The van der Waals surface area contributed by atoms with Gasteiger partial charge in [0.25, 0.3) is 5.91 Å². The second kappa shape index (κ2) is 7.43. The van der Waals surface area contributed by atoms with Gasteiger partial charge >= 0.3 is 6.03 Å². The van der Waals surface area contributed by atoms with Crippen LogP contribution in [0.4, 0.5) is 10.5 Å².